The first-order valence-electron chi connectivity index (χ1n) is 16.8. The number of halogens is 1. The quantitative estimate of drug-likeness (QED) is 0.177. The number of fused-ring (bicyclic) bond motifs is 5. The zero-order chi connectivity index (χ0) is 32.7. The molecule has 2 aliphatic rings. The summed E-state index contributed by atoms with van der Waals surface area (Å²) in [6, 6.07) is 62.8. The third-order valence-electron chi connectivity index (χ3n) is 9.79. The van der Waals surface area contributed by atoms with E-state index in [-0.39, 0.29) is 12.0 Å². The molecule has 0 fully saturated rings. The fraction of sp³-hybridized carbons (Fsp3) is 0.0435. The van der Waals surface area contributed by atoms with Gasteiger partial charge in [0.25, 0.3) is 0 Å². The Morgan fingerprint density at radius 3 is 1.82 bits per heavy atom. The van der Waals surface area contributed by atoms with Crippen LogP contribution in [0.2, 0.25) is 5.02 Å². The SMILES string of the molecule is Clc1cc(-c2cc(-c3ccccc3)cc3c2C2C=Cc4ccccc4C2N3c2ccccc2)cc(N(c2ccccc2)c2ccccc2)c1. The molecule has 49 heavy (non-hydrogen) atoms. The Balaban J connectivity index is 1.31. The summed E-state index contributed by atoms with van der Waals surface area (Å²) in [6.45, 7) is 0. The van der Waals surface area contributed by atoms with E-state index in [1.165, 1.54) is 44.8 Å². The molecule has 1 heterocycles. The third-order valence-corrected chi connectivity index (χ3v) is 10.0. The zero-order valence-corrected chi connectivity index (χ0v) is 27.6. The van der Waals surface area contributed by atoms with Crippen molar-refractivity contribution >= 4 is 46.1 Å². The van der Waals surface area contributed by atoms with Crippen LogP contribution < -0.4 is 9.80 Å². The maximum absolute atomic E-state index is 7.10. The van der Waals surface area contributed by atoms with E-state index in [2.05, 4.69) is 198 Å². The minimum Gasteiger partial charge on any atom is -0.333 e. The first-order valence-corrected chi connectivity index (χ1v) is 17.2. The number of hydrogen-bond acceptors (Lipinski definition) is 2. The van der Waals surface area contributed by atoms with Gasteiger partial charge in [-0.25, -0.2) is 0 Å². The summed E-state index contributed by atoms with van der Waals surface area (Å²) in [4.78, 5) is 4.84. The molecule has 9 rings (SSSR count). The predicted molar refractivity (Wildman–Crippen MR) is 207 cm³/mol. The van der Waals surface area contributed by atoms with E-state index in [0.29, 0.717) is 5.02 Å². The molecule has 0 amide bonds. The van der Waals surface area contributed by atoms with Crippen molar-refractivity contribution in [3.05, 3.63) is 204 Å². The highest BCUT2D eigenvalue weighted by molar-refractivity contribution is 6.31. The minimum atomic E-state index is 0.118. The first-order chi connectivity index (χ1) is 24.2. The van der Waals surface area contributed by atoms with Crippen LogP contribution in [-0.4, -0.2) is 0 Å². The van der Waals surface area contributed by atoms with Crippen molar-refractivity contribution in [1.82, 2.24) is 0 Å². The van der Waals surface area contributed by atoms with Crippen LogP contribution in [-0.2, 0) is 0 Å². The Kier molecular flexibility index (Phi) is 7.37. The largest absolute Gasteiger partial charge is 0.333 e. The highest BCUT2D eigenvalue weighted by Crippen LogP contribution is 2.59. The molecule has 3 heteroatoms. The van der Waals surface area contributed by atoms with Crippen molar-refractivity contribution in [1.29, 1.82) is 0 Å². The van der Waals surface area contributed by atoms with E-state index in [1.54, 1.807) is 0 Å². The van der Waals surface area contributed by atoms with Gasteiger partial charge in [-0.05, 0) is 106 Å². The van der Waals surface area contributed by atoms with Crippen LogP contribution in [0.4, 0.5) is 28.4 Å². The van der Waals surface area contributed by atoms with Gasteiger partial charge in [-0.1, -0.05) is 133 Å². The molecule has 0 aromatic heterocycles. The van der Waals surface area contributed by atoms with E-state index in [9.17, 15) is 0 Å². The average molecular weight is 649 g/mol. The summed E-state index contributed by atoms with van der Waals surface area (Å²) < 4.78 is 0. The number of anilines is 5. The van der Waals surface area contributed by atoms with Crippen molar-refractivity contribution < 1.29 is 0 Å². The summed E-state index contributed by atoms with van der Waals surface area (Å²) in [6.07, 6.45) is 4.71. The number of para-hydroxylation sites is 3. The van der Waals surface area contributed by atoms with E-state index in [4.69, 9.17) is 11.6 Å². The minimum absolute atomic E-state index is 0.118. The second-order valence-corrected chi connectivity index (χ2v) is 13.1. The summed E-state index contributed by atoms with van der Waals surface area (Å²) in [5.41, 5.74) is 14.1. The van der Waals surface area contributed by atoms with Crippen LogP contribution in [0, 0.1) is 0 Å². The van der Waals surface area contributed by atoms with Crippen molar-refractivity contribution in [2.75, 3.05) is 9.80 Å². The van der Waals surface area contributed by atoms with Gasteiger partial charge < -0.3 is 9.80 Å². The van der Waals surface area contributed by atoms with Gasteiger partial charge in [0.15, 0.2) is 0 Å². The third kappa shape index (κ3) is 5.22. The Morgan fingerprint density at radius 2 is 1.12 bits per heavy atom. The smallest absolute Gasteiger partial charge is 0.0701 e. The fourth-order valence-electron chi connectivity index (χ4n) is 7.71. The number of rotatable bonds is 6. The second-order valence-electron chi connectivity index (χ2n) is 12.7. The van der Waals surface area contributed by atoms with Crippen molar-refractivity contribution in [3.63, 3.8) is 0 Å². The van der Waals surface area contributed by atoms with Gasteiger partial charge in [-0.2, -0.15) is 0 Å². The predicted octanol–water partition coefficient (Wildman–Crippen LogP) is 13.1. The molecule has 2 nitrogen and oxygen atoms in total. The number of nitrogens with zero attached hydrogens (tertiary/aromatic N) is 2. The lowest BCUT2D eigenvalue weighted by molar-refractivity contribution is 0.668. The van der Waals surface area contributed by atoms with Gasteiger partial charge in [0.1, 0.15) is 0 Å². The highest BCUT2D eigenvalue weighted by Gasteiger charge is 2.43. The standard InChI is InChI=1S/C46H33ClN2/c47-36-27-35(28-40(31-36)48(37-18-7-2-8-19-37)38-20-9-3-10-21-38)43-29-34(32-15-5-1-6-16-32)30-44-45(43)42-26-25-33-17-13-14-24-41(33)46(42)49(44)39-22-11-4-12-23-39/h1-31,42,46H. The molecule has 2 unspecified atom stereocenters. The molecule has 2 atom stereocenters. The van der Waals surface area contributed by atoms with Crippen molar-refractivity contribution in [2.24, 2.45) is 0 Å². The first kappa shape index (κ1) is 29.3. The Bertz CT molecular complexity index is 2260. The van der Waals surface area contributed by atoms with Gasteiger partial charge in [0, 0.05) is 39.4 Å². The van der Waals surface area contributed by atoms with Gasteiger partial charge in [-0.3, -0.25) is 0 Å². The van der Waals surface area contributed by atoms with E-state index in [1.807, 2.05) is 0 Å². The van der Waals surface area contributed by atoms with Gasteiger partial charge in [0.2, 0.25) is 0 Å². The molecule has 7 aromatic carbocycles. The molecule has 7 aromatic rings. The normalized spacial score (nSPS) is 15.7. The summed E-state index contributed by atoms with van der Waals surface area (Å²) >= 11 is 7.10. The van der Waals surface area contributed by atoms with Crippen LogP contribution in [0.25, 0.3) is 28.3 Å². The molecular weight excluding hydrogens is 616 g/mol. The van der Waals surface area contributed by atoms with E-state index in [0.717, 1.165) is 22.6 Å². The molecule has 0 N–H and O–H groups in total. The lowest BCUT2D eigenvalue weighted by atomic mass is 9.80. The molecule has 0 spiro atoms. The van der Waals surface area contributed by atoms with Crippen molar-refractivity contribution in [2.45, 2.75) is 12.0 Å². The molecule has 0 saturated heterocycles. The summed E-state index contributed by atoms with van der Waals surface area (Å²) in [5.74, 6) is 0.145. The number of hydrogen-bond donors (Lipinski definition) is 0. The van der Waals surface area contributed by atoms with Crippen molar-refractivity contribution in [3.8, 4) is 22.3 Å². The fourth-order valence-corrected chi connectivity index (χ4v) is 7.94. The molecule has 0 saturated carbocycles. The van der Waals surface area contributed by atoms with Crippen LogP contribution in [0.15, 0.2) is 182 Å². The maximum Gasteiger partial charge on any atom is 0.0701 e. The second kappa shape index (κ2) is 12.3. The van der Waals surface area contributed by atoms with Crippen LogP contribution >= 0.6 is 11.6 Å². The monoisotopic (exact) mass is 648 g/mol. The van der Waals surface area contributed by atoms with Crippen LogP contribution in [0.3, 0.4) is 0 Å². The lowest BCUT2D eigenvalue weighted by Gasteiger charge is -2.33. The average Bonchev–Trinajstić information content (AvgIpc) is 3.51. The molecule has 234 valence electrons. The summed E-state index contributed by atoms with van der Waals surface area (Å²) in [7, 11) is 0. The number of benzene rings is 7. The van der Waals surface area contributed by atoms with Crippen LogP contribution in [0.5, 0.6) is 0 Å². The van der Waals surface area contributed by atoms with E-state index < -0.39 is 0 Å². The molecule has 1 aliphatic carbocycles. The zero-order valence-electron chi connectivity index (χ0n) is 26.8. The van der Waals surface area contributed by atoms with E-state index >= 15 is 0 Å². The Morgan fingerprint density at radius 1 is 0.510 bits per heavy atom. The lowest BCUT2D eigenvalue weighted by Crippen LogP contribution is -2.23. The van der Waals surface area contributed by atoms with Gasteiger partial charge in [0.05, 0.1) is 6.04 Å². The summed E-state index contributed by atoms with van der Waals surface area (Å²) in [5, 5.41) is 0.697. The molecule has 0 radical (unpaired) electrons. The molecule has 1 aliphatic heterocycles. The molecule has 0 bridgehead atoms. The topological polar surface area (TPSA) is 6.48 Å². The Hall–Kier alpha value is -5.83. The molecular formula is C46H33ClN2. The van der Waals surface area contributed by atoms with Gasteiger partial charge in [-0.15, -0.1) is 0 Å². The van der Waals surface area contributed by atoms with Crippen LogP contribution in [0.1, 0.15) is 28.7 Å². The maximum atomic E-state index is 7.10. The highest BCUT2D eigenvalue weighted by atomic mass is 35.5. The van der Waals surface area contributed by atoms with Gasteiger partial charge >= 0.3 is 0 Å². The Labute approximate surface area is 292 Å².